The lowest BCUT2D eigenvalue weighted by atomic mass is 10.4. The van der Waals surface area contributed by atoms with Gasteiger partial charge in [-0.2, -0.15) is 0 Å². The highest BCUT2D eigenvalue weighted by atomic mass is 24.3. The summed E-state index contributed by atoms with van der Waals surface area (Å²) < 4.78 is 11.9. The predicted molar refractivity (Wildman–Crippen MR) is 33.8 cm³/mol. The molecule has 0 aliphatic carbocycles. The third kappa shape index (κ3) is 2.28. The number of hydrogen-bond donors (Lipinski definition) is 0. The van der Waals surface area contributed by atoms with Crippen LogP contribution in [0.25, 0.3) is 0 Å². The van der Waals surface area contributed by atoms with Gasteiger partial charge in [0.15, 0.2) is 0 Å². The summed E-state index contributed by atoms with van der Waals surface area (Å²) in [4.78, 5) is 0. The average Bonchev–Trinajstić information content (AvgIpc) is 1.69. The molecule has 0 amide bonds. The van der Waals surface area contributed by atoms with Gasteiger partial charge in [0.1, 0.15) is 5.82 Å². The molecule has 8 heavy (non-hydrogen) atoms. The first-order valence-corrected chi connectivity index (χ1v) is 2.01. The Morgan fingerprint density at radius 3 is 2.50 bits per heavy atom. The quantitative estimate of drug-likeness (QED) is 0.444. The molecular weight excluding hydrogens is 115 g/mol. The second-order valence-corrected chi connectivity index (χ2v) is 1.22. The number of halogens is 1. The standard InChI is InChI=1S/C6H4F.Mg.2H/c7-6-4-2-1-3-5-6;;;/h1-2,4-5H;;;. The Hall–Kier alpha value is -0.0838. The zero-order chi connectivity index (χ0) is 5.11. The van der Waals surface area contributed by atoms with Crippen LogP contribution in [0.5, 0.6) is 0 Å². The molecule has 2 heteroatoms. The summed E-state index contributed by atoms with van der Waals surface area (Å²) in [5.74, 6) is -0.234. The van der Waals surface area contributed by atoms with E-state index in [9.17, 15) is 4.39 Å². The monoisotopic (exact) mass is 121 g/mol. The van der Waals surface area contributed by atoms with Crippen LogP contribution in [0.15, 0.2) is 24.3 Å². The lowest BCUT2D eigenvalue weighted by molar-refractivity contribution is 0.627. The van der Waals surface area contributed by atoms with Gasteiger partial charge in [-0.1, -0.05) is 12.1 Å². The van der Waals surface area contributed by atoms with Crippen LogP contribution in [0.1, 0.15) is 0 Å². The van der Waals surface area contributed by atoms with E-state index < -0.39 is 0 Å². The van der Waals surface area contributed by atoms with Crippen molar-refractivity contribution in [2.24, 2.45) is 0 Å². The van der Waals surface area contributed by atoms with Crippen molar-refractivity contribution < 1.29 is 4.39 Å². The summed E-state index contributed by atoms with van der Waals surface area (Å²) in [5.41, 5.74) is 0. The first-order valence-electron chi connectivity index (χ1n) is 2.01. The summed E-state index contributed by atoms with van der Waals surface area (Å²) in [6.07, 6.45) is 0. The molecule has 0 aliphatic heterocycles. The van der Waals surface area contributed by atoms with Crippen molar-refractivity contribution in [2.45, 2.75) is 0 Å². The van der Waals surface area contributed by atoms with Gasteiger partial charge >= 0.3 is 23.1 Å². The molecule has 0 saturated carbocycles. The maximum atomic E-state index is 11.9. The largest absolute Gasteiger partial charge is 0.316 e. The molecule has 0 bridgehead atoms. The van der Waals surface area contributed by atoms with Gasteiger partial charge in [-0.3, -0.25) is 0 Å². The second-order valence-electron chi connectivity index (χ2n) is 1.22. The summed E-state index contributed by atoms with van der Waals surface area (Å²) in [7, 11) is 0. The first-order chi connectivity index (χ1) is 3.39. The van der Waals surface area contributed by atoms with Gasteiger partial charge in [0, 0.05) is 0 Å². The van der Waals surface area contributed by atoms with E-state index in [2.05, 4.69) is 6.07 Å². The normalized spacial score (nSPS) is 7.62. The molecule has 1 radical (unpaired) electrons. The molecule has 0 spiro atoms. The Bertz CT molecular complexity index is 138. The van der Waals surface area contributed by atoms with Crippen molar-refractivity contribution in [3.8, 4) is 0 Å². The maximum absolute atomic E-state index is 11.9. The van der Waals surface area contributed by atoms with Gasteiger partial charge < -0.3 is 0 Å². The molecule has 0 heterocycles. The van der Waals surface area contributed by atoms with E-state index >= 15 is 0 Å². The van der Waals surface area contributed by atoms with Crippen LogP contribution in [-0.2, 0) is 0 Å². The molecule has 0 saturated heterocycles. The van der Waals surface area contributed by atoms with Crippen molar-refractivity contribution >= 4 is 23.1 Å². The van der Waals surface area contributed by atoms with Crippen LogP contribution >= 0.6 is 0 Å². The minimum absolute atomic E-state index is 0. The zero-order valence-corrected chi connectivity index (χ0v) is 3.69. The molecule has 0 N–H and O–H groups in total. The van der Waals surface area contributed by atoms with Gasteiger partial charge in [0.2, 0.25) is 0 Å². The summed E-state index contributed by atoms with van der Waals surface area (Å²) in [6, 6.07) is 8.53. The van der Waals surface area contributed by atoms with Crippen molar-refractivity contribution in [2.75, 3.05) is 0 Å². The Kier molecular flexibility index (Phi) is 3.82. The number of hydrogen-bond acceptors (Lipinski definition) is 0. The van der Waals surface area contributed by atoms with E-state index in [-0.39, 0.29) is 28.9 Å². The topological polar surface area (TPSA) is 0 Å². The lowest BCUT2D eigenvalue weighted by Crippen LogP contribution is -1.64. The van der Waals surface area contributed by atoms with Crippen LogP contribution in [0.2, 0.25) is 0 Å². The number of rotatable bonds is 0. The average molecular weight is 121 g/mol. The fourth-order valence-corrected chi connectivity index (χ4v) is 0.371. The van der Waals surface area contributed by atoms with Crippen molar-refractivity contribution in [3.63, 3.8) is 0 Å². The van der Waals surface area contributed by atoms with Gasteiger partial charge in [-0.25, -0.2) is 4.39 Å². The Labute approximate surface area is 63.9 Å². The summed E-state index contributed by atoms with van der Waals surface area (Å²) in [6.45, 7) is 0. The maximum Gasteiger partial charge on any atom is 0.316 e. The van der Waals surface area contributed by atoms with E-state index in [1.54, 1.807) is 12.1 Å². The fraction of sp³-hybridized carbons (Fsp3) is 0. The fourth-order valence-electron chi connectivity index (χ4n) is 0.371. The van der Waals surface area contributed by atoms with E-state index in [1.165, 1.54) is 12.1 Å². The lowest BCUT2D eigenvalue weighted by Gasteiger charge is -1.77. The highest BCUT2D eigenvalue weighted by molar-refractivity contribution is 5.75. The molecule has 39 valence electrons. The Morgan fingerprint density at radius 1 is 1.50 bits per heavy atom. The Morgan fingerprint density at radius 2 is 2.25 bits per heavy atom. The van der Waals surface area contributed by atoms with Crippen molar-refractivity contribution in [3.05, 3.63) is 36.1 Å². The highest BCUT2D eigenvalue weighted by Gasteiger charge is 1.77. The van der Waals surface area contributed by atoms with E-state index in [4.69, 9.17) is 0 Å². The third-order valence-electron chi connectivity index (χ3n) is 0.669. The molecule has 0 unspecified atom stereocenters. The Balaban J connectivity index is 0.000000490. The molecule has 0 nitrogen and oxygen atoms in total. The minimum Gasteiger partial charge on any atom is -0.207 e. The molecular formula is C6H6FMg. The van der Waals surface area contributed by atoms with Crippen LogP contribution in [0.4, 0.5) is 4.39 Å². The van der Waals surface area contributed by atoms with Gasteiger partial charge in [0.25, 0.3) is 0 Å². The summed E-state index contributed by atoms with van der Waals surface area (Å²) in [5, 5.41) is 0. The number of benzene rings is 1. The molecule has 1 rings (SSSR count). The summed E-state index contributed by atoms with van der Waals surface area (Å²) >= 11 is 0. The third-order valence-corrected chi connectivity index (χ3v) is 0.669. The smallest absolute Gasteiger partial charge is 0.207 e. The van der Waals surface area contributed by atoms with Gasteiger partial charge in [-0.15, -0.1) is 0 Å². The van der Waals surface area contributed by atoms with Crippen molar-refractivity contribution in [1.29, 1.82) is 0 Å². The molecule has 0 aromatic heterocycles. The highest BCUT2D eigenvalue weighted by Crippen LogP contribution is 1.91. The van der Waals surface area contributed by atoms with E-state index in [0.717, 1.165) is 0 Å². The molecule has 0 atom stereocenters. The van der Waals surface area contributed by atoms with Gasteiger partial charge in [-0.05, 0) is 18.2 Å². The van der Waals surface area contributed by atoms with E-state index in [1.807, 2.05) is 0 Å². The van der Waals surface area contributed by atoms with Crippen LogP contribution in [-0.4, -0.2) is 23.1 Å². The predicted octanol–water partition coefficient (Wildman–Crippen LogP) is 0.710. The van der Waals surface area contributed by atoms with Crippen LogP contribution in [0, 0.1) is 11.9 Å². The molecule has 0 aliphatic rings. The van der Waals surface area contributed by atoms with Gasteiger partial charge in [0.05, 0.1) is 0 Å². The molecule has 0 fully saturated rings. The van der Waals surface area contributed by atoms with Crippen LogP contribution < -0.4 is 0 Å². The minimum atomic E-state index is -0.234. The van der Waals surface area contributed by atoms with Crippen LogP contribution in [0.3, 0.4) is 0 Å². The van der Waals surface area contributed by atoms with E-state index in [0.29, 0.717) is 0 Å². The second kappa shape index (κ2) is 3.86. The van der Waals surface area contributed by atoms with Crippen molar-refractivity contribution in [1.82, 2.24) is 0 Å². The first kappa shape index (κ1) is 7.92. The SMILES string of the molecule is Fc1c[c]ccc1.[MgH2]. The molecule has 1 aromatic carbocycles. The zero-order valence-electron chi connectivity index (χ0n) is 3.69. The molecule has 1 aromatic rings.